The van der Waals surface area contributed by atoms with Crippen molar-refractivity contribution in [1.82, 2.24) is 20.0 Å². The highest BCUT2D eigenvalue weighted by Crippen LogP contribution is 2.37. The lowest BCUT2D eigenvalue weighted by Crippen LogP contribution is -2.44. The number of carbonyl (C=O) groups is 1. The number of hydrogen-bond acceptors (Lipinski definition) is 3. The van der Waals surface area contributed by atoms with Gasteiger partial charge in [-0.3, -0.25) is 9.48 Å². The third kappa shape index (κ3) is 1.92. The van der Waals surface area contributed by atoms with Crippen LogP contribution >= 0.6 is 0 Å². The van der Waals surface area contributed by atoms with Gasteiger partial charge in [-0.1, -0.05) is 0 Å². The van der Waals surface area contributed by atoms with E-state index in [2.05, 4.69) is 10.4 Å². The Morgan fingerprint density at radius 1 is 1.39 bits per heavy atom. The second-order valence-corrected chi connectivity index (χ2v) is 5.56. The maximum Gasteiger partial charge on any atom is 0.272 e. The molecule has 0 saturated carbocycles. The van der Waals surface area contributed by atoms with Crippen LogP contribution in [0.1, 0.15) is 29.8 Å². The first-order valence-electron chi connectivity index (χ1n) is 6.68. The Labute approximate surface area is 107 Å². The fourth-order valence-electron chi connectivity index (χ4n) is 3.15. The average molecular weight is 248 g/mol. The second-order valence-electron chi connectivity index (χ2n) is 5.56. The molecule has 3 heterocycles. The first-order valence-corrected chi connectivity index (χ1v) is 6.68. The standard InChI is InChI=1S/C13H20N4O/c1-16-11(2-6-15-16)12(18)17-8-4-13(5-9-17)3-7-14-10-13/h2,6,14H,3-5,7-10H2,1H3. The number of carbonyl (C=O) groups excluding carboxylic acids is 1. The molecule has 0 atom stereocenters. The zero-order valence-electron chi connectivity index (χ0n) is 10.9. The van der Waals surface area contributed by atoms with Gasteiger partial charge < -0.3 is 10.2 Å². The van der Waals surface area contributed by atoms with Crippen molar-refractivity contribution in [3.63, 3.8) is 0 Å². The van der Waals surface area contributed by atoms with Gasteiger partial charge in [0.05, 0.1) is 0 Å². The minimum atomic E-state index is 0.121. The van der Waals surface area contributed by atoms with Gasteiger partial charge in [0.1, 0.15) is 5.69 Å². The molecule has 1 amide bonds. The fourth-order valence-corrected chi connectivity index (χ4v) is 3.15. The summed E-state index contributed by atoms with van der Waals surface area (Å²) in [6, 6.07) is 1.80. The molecule has 2 aliphatic heterocycles. The molecular formula is C13H20N4O. The molecule has 98 valence electrons. The maximum atomic E-state index is 12.3. The first kappa shape index (κ1) is 11.7. The van der Waals surface area contributed by atoms with Crippen LogP contribution in [0.2, 0.25) is 0 Å². The van der Waals surface area contributed by atoms with Gasteiger partial charge in [-0.05, 0) is 37.3 Å². The number of hydrogen-bond donors (Lipinski definition) is 1. The van der Waals surface area contributed by atoms with E-state index in [1.54, 1.807) is 16.9 Å². The Bertz CT molecular complexity index is 438. The number of likely N-dealkylation sites (tertiary alicyclic amines) is 1. The Morgan fingerprint density at radius 3 is 2.72 bits per heavy atom. The monoisotopic (exact) mass is 248 g/mol. The molecule has 0 bridgehead atoms. The summed E-state index contributed by atoms with van der Waals surface area (Å²) in [5.41, 5.74) is 1.15. The van der Waals surface area contributed by atoms with Crippen LogP contribution in [0, 0.1) is 5.41 Å². The number of amides is 1. The molecule has 2 fully saturated rings. The van der Waals surface area contributed by atoms with E-state index < -0.39 is 0 Å². The van der Waals surface area contributed by atoms with E-state index in [1.807, 2.05) is 11.9 Å². The van der Waals surface area contributed by atoms with E-state index >= 15 is 0 Å². The van der Waals surface area contributed by atoms with Crippen LogP contribution < -0.4 is 5.32 Å². The number of rotatable bonds is 1. The van der Waals surface area contributed by atoms with E-state index in [0.717, 1.165) is 39.0 Å². The van der Waals surface area contributed by atoms with Gasteiger partial charge >= 0.3 is 0 Å². The minimum absolute atomic E-state index is 0.121. The highest BCUT2D eigenvalue weighted by atomic mass is 16.2. The number of aryl methyl sites for hydroxylation is 1. The Balaban J connectivity index is 1.66. The average Bonchev–Trinajstić information content (AvgIpc) is 2.99. The van der Waals surface area contributed by atoms with Crippen molar-refractivity contribution < 1.29 is 4.79 Å². The van der Waals surface area contributed by atoms with Crippen molar-refractivity contribution in [2.24, 2.45) is 12.5 Å². The van der Waals surface area contributed by atoms with Gasteiger partial charge in [0.15, 0.2) is 0 Å². The molecule has 1 N–H and O–H groups in total. The fraction of sp³-hybridized carbons (Fsp3) is 0.692. The summed E-state index contributed by atoms with van der Waals surface area (Å²) in [7, 11) is 1.82. The molecule has 1 aromatic rings. The zero-order chi connectivity index (χ0) is 12.6. The van der Waals surface area contributed by atoms with Gasteiger partial charge in [0.2, 0.25) is 0 Å². The largest absolute Gasteiger partial charge is 0.337 e. The molecule has 2 aliphatic rings. The van der Waals surface area contributed by atoms with E-state index in [0.29, 0.717) is 11.1 Å². The Morgan fingerprint density at radius 2 is 2.17 bits per heavy atom. The highest BCUT2D eigenvalue weighted by Gasteiger charge is 2.38. The molecule has 2 saturated heterocycles. The lowest BCUT2D eigenvalue weighted by atomic mass is 9.78. The first-order chi connectivity index (χ1) is 8.70. The van der Waals surface area contributed by atoms with Crippen molar-refractivity contribution in [3.8, 4) is 0 Å². The van der Waals surface area contributed by atoms with Crippen molar-refractivity contribution in [2.75, 3.05) is 26.2 Å². The van der Waals surface area contributed by atoms with Crippen molar-refractivity contribution in [1.29, 1.82) is 0 Å². The normalized spacial score (nSPS) is 22.6. The highest BCUT2D eigenvalue weighted by molar-refractivity contribution is 5.92. The summed E-state index contributed by atoms with van der Waals surface area (Å²) in [6.45, 7) is 4.02. The number of nitrogens with one attached hydrogen (secondary N) is 1. The van der Waals surface area contributed by atoms with Gasteiger partial charge in [0.25, 0.3) is 5.91 Å². The molecule has 0 aliphatic carbocycles. The van der Waals surface area contributed by atoms with Crippen LogP contribution in [0.5, 0.6) is 0 Å². The molecule has 0 aromatic carbocycles. The molecule has 0 radical (unpaired) electrons. The van der Waals surface area contributed by atoms with Gasteiger partial charge in [0, 0.05) is 32.9 Å². The summed E-state index contributed by atoms with van der Waals surface area (Å²) >= 11 is 0. The molecule has 5 nitrogen and oxygen atoms in total. The third-order valence-corrected chi connectivity index (χ3v) is 4.48. The van der Waals surface area contributed by atoms with Gasteiger partial charge in [-0.25, -0.2) is 0 Å². The summed E-state index contributed by atoms with van der Waals surface area (Å²) in [5.74, 6) is 0.121. The minimum Gasteiger partial charge on any atom is -0.337 e. The topological polar surface area (TPSA) is 50.2 Å². The SMILES string of the molecule is Cn1nccc1C(=O)N1CCC2(CCNC2)CC1. The molecule has 0 unspecified atom stereocenters. The predicted molar refractivity (Wildman–Crippen MR) is 68.3 cm³/mol. The van der Waals surface area contributed by atoms with Crippen molar-refractivity contribution >= 4 is 5.91 Å². The molecule has 3 rings (SSSR count). The number of aromatic nitrogens is 2. The molecule has 1 aromatic heterocycles. The molecule has 5 heteroatoms. The molecular weight excluding hydrogens is 228 g/mol. The maximum absolute atomic E-state index is 12.3. The van der Waals surface area contributed by atoms with Crippen LogP contribution in [-0.2, 0) is 7.05 Å². The zero-order valence-corrected chi connectivity index (χ0v) is 10.9. The predicted octanol–water partition coefficient (Wildman–Crippen LogP) is 0.636. The number of piperidine rings is 1. The lowest BCUT2D eigenvalue weighted by molar-refractivity contribution is 0.0597. The summed E-state index contributed by atoms with van der Waals surface area (Å²) in [6.07, 6.45) is 5.20. The van der Waals surface area contributed by atoms with Crippen LogP contribution in [0.4, 0.5) is 0 Å². The smallest absolute Gasteiger partial charge is 0.272 e. The Kier molecular flexibility index (Phi) is 2.86. The Hall–Kier alpha value is -1.36. The molecule has 18 heavy (non-hydrogen) atoms. The summed E-state index contributed by atoms with van der Waals surface area (Å²) in [4.78, 5) is 14.3. The third-order valence-electron chi connectivity index (χ3n) is 4.48. The summed E-state index contributed by atoms with van der Waals surface area (Å²) in [5, 5.41) is 7.51. The van der Waals surface area contributed by atoms with E-state index in [4.69, 9.17) is 0 Å². The van der Waals surface area contributed by atoms with Crippen LogP contribution in [-0.4, -0.2) is 46.8 Å². The van der Waals surface area contributed by atoms with Crippen LogP contribution in [0.25, 0.3) is 0 Å². The second kappa shape index (κ2) is 4.39. The van der Waals surface area contributed by atoms with Gasteiger partial charge in [-0.2, -0.15) is 5.10 Å². The summed E-state index contributed by atoms with van der Waals surface area (Å²) < 4.78 is 1.66. The van der Waals surface area contributed by atoms with E-state index in [9.17, 15) is 4.79 Å². The van der Waals surface area contributed by atoms with Crippen molar-refractivity contribution in [3.05, 3.63) is 18.0 Å². The van der Waals surface area contributed by atoms with E-state index in [1.165, 1.54) is 6.42 Å². The van der Waals surface area contributed by atoms with Gasteiger partial charge in [-0.15, -0.1) is 0 Å². The van der Waals surface area contributed by atoms with Crippen LogP contribution in [0.15, 0.2) is 12.3 Å². The van der Waals surface area contributed by atoms with Crippen LogP contribution in [0.3, 0.4) is 0 Å². The number of nitrogens with zero attached hydrogens (tertiary/aromatic N) is 3. The molecule has 1 spiro atoms. The quantitative estimate of drug-likeness (QED) is 0.793. The van der Waals surface area contributed by atoms with Crippen molar-refractivity contribution in [2.45, 2.75) is 19.3 Å². The van der Waals surface area contributed by atoms with E-state index in [-0.39, 0.29) is 5.91 Å². The lowest BCUT2D eigenvalue weighted by Gasteiger charge is -2.38.